The van der Waals surface area contributed by atoms with E-state index in [1.165, 1.54) is 12.8 Å². The van der Waals surface area contributed by atoms with E-state index >= 15 is 0 Å². The molecule has 0 amide bonds. The molecule has 94 valence electrons. The molecule has 5 nitrogen and oxygen atoms in total. The lowest BCUT2D eigenvalue weighted by atomic mass is 10.1. The summed E-state index contributed by atoms with van der Waals surface area (Å²) in [5, 5.41) is 15.8. The van der Waals surface area contributed by atoms with Crippen LogP contribution in [0.5, 0.6) is 0 Å². The van der Waals surface area contributed by atoms with Gasteiger partial charge in [0.1, 0.15) is 17.5 Å². The maximum Gasteiger partial charge on any atom is 0.136 e. The molecule has 0 unspecified atom stereocenters. The van der Waals surface area contributed by atoms with Crippen LogP contribution in [0, 0.1) is 0 Å². The van der Waals surface area contributed by atoms with Gasteiger partial charge in [-0.1, -0.05) is 0 Å². The molecule has 1 heterocycles. The van der Waals surface area contributed by atoms with Crippen LogP contribution in [0.1, 0.15) is 38.4 Å². The summed E-state index contributed by atoms with van der Waals surface area (Å²) in [5.74, 6) is 3.01. The highest BCUT2D eigenvalue weighted by molar-refractivity contribution is 5.48. The van der Waals surface area contributed by atoms with Crippen LogP contribution in [0.3, 0.4) is 0 Å². The Hall–Kier alpha value is -1.36. The zero-order valence-corrected chi connectivity index (χ0v) is 10.6. The predicted molar refractivity (Wildman–Crippen MR) is 68.3 cm³/mol. The Labute approximate surface area is 102 Å². The Morgan fingerprint density at radius 1 is 1.35 bits per heavy atom. The number of rotatable bonds is 5. The van der Waals surface area contributed by atoms with Gasteiger partial charge in [0.2, 0.25) is 0 Å². The first-order chi connectivity index (χ1) is 7.98. The minimum atomic E-state index is -0.746. The van der Waals surface area contributed by atoms with Gasteiger partial charge in [0, 0.05) is 25.6 Å². The highest BCUT2D eigenvalue weighted by Crippen LogP contribution is 2.38. The number of aromatic nitrogens is 2. The van der Waals surface area contributed by atoms with Gasteiger partial charge in [-0.15, -0.1) is 0 Å². The van der Waals surface area contributed by atoms with E-state index in [-0.39, 0.29) is 0 Å². The molecule has 0 radical (unpaired) electrons. The lowest BCUT2D eigenvalue weighted by molar-refractivity contribution is 0.0944. The van der Waals surface area contributed by atoms with E-state index < -0.39 is 5.60 Å². The second-order valence-electron chi connectivity index (χ2n) is 5.19. The van der Waals surface area contributed by atoms with Crippen LogP contribution in [0.25, 0.3) is 0 Å². The number of nitrogens with one attached hydrogen (secondary N) is 2. The van der Waals surface area contributed by atoms with Crippen LogP contribution in [0.15, 0.2) is 6.07 Å². The first-order valence-electron chi connectivity index (χ1n) is 6.01. The monoisotopic (exact) mass is 236 g/mol. The second-order valence-corrected chi connectivity index (χ2v) is 5.19. The van der Waals surface area contributed by atoms with Crippen LogP contribution in [-0.2, 0) is 0 Å². The number of hydrogen-bond acceptors (Lipinski definition) is 5. The lowest BCUT2D eigenvalue weighted by Gasteiger charge is -2.18. The van der Waals surface area contributed by atoms with Crippen molar-refractivity contribution >= 4 is 11.6 Å². The van der Waals surface area contributed by atoms with Crippen molar-refractivity contribution in [3.63, 3.8) is 0 Å². The van der Waals surface area contributed by atoms with Crippen LogP contribution >= 0.6 is 0 Å². The van der Waals surface area contributed by atoms with Gasteiger partial charge >= 0.3 is 0 Å². The van der Waals surface area contributed by atoms with Crippen molar-refractivity contribution in [2.45, 2.75) is 38.2 Å². The molecule has 0 saturated heterocycles. The molecular formula is C12H20N4O. The number of anilines is 2. The van der Waals surface area contributed by atoms with Gasteiger partial charge in [0.25, 0.3) is 0 Å². The average molecular weight is 236 g/mol. The van der Waals surface area contributed by atoms with Crippen molar-refractivity contribution in [1.82, 2.24) is 9.97 Å². The van der Waals surface area contributed by atoms with Gasteiger partial charge in [-0.25, -0.2) is 9.97 Å². The zero-order chi connectivity index (χ0) is 12.5. The quantitative estimate of drug-likeness (QED) is 0.724. The minimum Gasteiger partial charge on any atom is -0.389 e. The standard InChI is InChI=1S/C12H20N4O/c1-12(2,17)7-14-10-6-9(13-3)15-11(16-10)8-4-5-8/h6,8,17H,4-5,7H2,1-3H3,(H2,13,14,15,16). The van der Waals surface area contributed by atoms with Crippen molar-refractivity contribution in [3.8, 4) is 0 Å². The van der Waals surface area contributed by atoms with Gasteiger partial charge in [0.15, 0.2) is 0 Å². The third kappa shape index (κ3) is 3.56. The van der Waals surface area contributed by atoms with Crippen LogP contribution < -0.4 is 10.6 Å². The number of nitrogens with zero attached hydrogens (tertiary/aromatic N) is 2. The van der Waals surface area contributed by atoms with Gasteiger partial charge < -0.3 is 15.7 Å². The molecule has 0 aromatic carbocycles. The van der Waals surface area contributed by atoms with Crippen LogP contribution in [-0.4, -0.2) is 34.3 Å². The van der Waals surface area contributed by atoms with E-state index in [2.05, 4.69) is 20.6 Å². The summed E-state index contributed by atoms with van der Waals surface area (Å²) in [6, 6.07) is 1.86. The van der Waals surface area contributed by atoms with Gasteiger partial charge in [-0.05, 0) is 26.7 Å². The second kappa shape index (κ2) is 4.49. The number of hydrogen-bond donors (Lipinski definition) is 3. The molecule has 0 aliphatic heterocycles. The largest absolute Gasteiger partial charge is 0.389 e. The van der Waals surface area contributed by atoms with Crippen molar-refractivity contribution in [2.24, 2.45) is 0 Å². The fraction of sp³-hybridized carbons (Fsp3) is 0.667. The van der Waals surface area contributed by atoms with Crippen molar-refractivity contribution < 1.29 is 5.11 Å². The highest BCUT2D eigenvalue weighted by atomic mass is 16.3. The smallest absolute Gasteiger partial charge is 0.136 e. The van der Waals surface area contributed by atoms with Crippen LogP contribution in [0.4, 0.5) is 11.6 Å². The maximum atomic E-state index is 9.67. The molecule has 1 fully saturated rings. The van der Waals surface area contributed by atoms with Gasteiger partial charge in [-0.3, -0.25) is 0 Å². The molecule has 0 spiro atoms. The summed E-state index contributed by atoms with van der Waals surface area (Å²) < 4.78 is 0. The van der Waals surface area contributed by atoms with Gasteiger partial charge in [0.05, 0.1) is 5.60 Å². The van der Waals surface area contributed by atoms with E-state index in [0.29, 0.717) is 12.5 Å². The highest BCUT2D eigenvalue weighted by Gasteiger charge is 2.27. The summed E-state index contributed by atoms with van der Waals surface area (Å²) in [6.45, 7) is 4.00. The Morgan fingerprint density at radius 3 is 2.53 bits per heavy atom. The van der Waals surface area contributed by atoms with Crippen molar-refractivity contribution in [2.75, 3.05) is 24.2 Å². The molecule has 1 aliphatic rings. The van der Waals surface area contributed by atoms with Crippen molar-refractivity contribution in [3.05, 3.63) is 11.9 Å². The average Bonchev–Trinajstić information content (AvgIpc) is 3.08. The van der Waals surface area contributed by atoms with E-state index in [1.54, 1.807) is 13.8 Å². The predicted octanol–water partition coefficient (Wildman–Crippen LogP) is 1.58. The number of aliphatic hydroxyl groups is 1. The Balaban J connectivity index is 2.12. The van der Waals surface area contributed by atoms with E-state index in [1.807, 2.05) is 13.1 Å². The fourth-order valence-electron chi connectivity index (χ4n) is 1.52. The third-order valence-electron chi connectivity index (χ3n) is 2.64. The summed E-state index contributed by atoms with van der Waals surface area (Å²) in [7, 11) is 1.85. The summed E-state index contributed by atoms with van der Waals surface area (Å²) in [5.41, 5.74) is -0.746. The minimum absolute atomic E-state index is 0.470. The molecule has 0 bridgehead atoms. The Kier molecular flexibility index (Phi) is 3.19. The third-order valence-corrected chi connectivity index (χ3v) is 2.64. The maximum absolute atomic E-state index is 9.67. The zero-order valence-electron chi connectivity index (χ0n) is 10.6. The van der Waals surface area contributed by atoms with Crippen molar-refractivity contribution in [1.29, 1.82) is 0 Å². The first kappa shape index (κ1) is 12.1. The Bertz CT molecular complexity index is 396. The Morgan fingerprint density at radius 2 is 2.00 bits per heavy atom. The molecule has 17 heavy (non-hydrogen) atoms. The SMILES string of the molecule is CNc1cc(NCC(C)(C)O)nc(C2CC2)n1. The molecule has 1 saturated carbocycles. The molecule has 1 aliphatic carbocycles. The van der Waals surface area contributed by atoms with E-state index in [0.717, 1.165) is 17.5 Å². The molecule has 0 atom stereocenters. The topological polar surface area (TPSA) is 70.1 Å². The van der Waals surface area contributed by atoms with Gasteiger partial charge in [-0.2, -0.15) is 0 Å². The lowest BCUT2D eigenvalue weighted by Crippen LogP contribution is -2.29. The van der Waals surface area contributed by atoms with E-state index in [9.17, 15) is 5.11 Å². The molecular weight excluding hydrogens is 216 g/mol. The molecule has 3 N–H and O–H groups in total. The van der Waals surface area contributed by atoms with E-state index in [4.69, 9.17) is 0 Å². The molecule has 2 rings (SSSR count). The molecule has 1 aromatic heterocycles. The fourth-order valence-corrected chi connectivity index (χ4v) is 1.52. The summed E-state index contributed by atoms with van der Waals surface area (Å²) in [6.07, 6.45) is 2.36. The molecule has 5 heteroatoms. The first-order valence-corrected chi connectivity index (χ1v) is 6.01. The summed E-state index contributed by atoms with van der Waals surface area (Å²) in [4.78, 5) is 8.91. The summed E-state index contributed by atoms with van der Waals surface area (Å²) >= 11 is 0. The molecule has 1 aromatic rings. The normalized spacial score (nSPS) is 15.8. The van der Waals surface area contributed by atoms with Crippen LogP contribution in [0.2, 0.25) is 0 Å².